The van der Waals surface area contributed by atoms with Gasteiger partial charge in [0, 0.05) is 11.4 Å². The normalized spacial score (nSPS) is 35.4. The second-order valence-electron chi connectivity index (χ2n) is 6.07. The van der Waals surface area contributed by atoms with Gasteiger partial charge in [0.1, 0.15) is 0 Å². The topological polar surface area (TPSA) is 9.23 Å². The smallest absolute Gasteiger partial charge is 0.0579 e. The number of benzene rings is 1. The maximum absolute atomic E-state index is 5.82. The molecule has 1 aromatic rings. The van der Waals surface area contributed by atoms with Crippen LogP contribution in [0.2, 0.25) is 0 Å². The second kappa shape index (κ2) is 6.41. The molecule has 2 fully saturated rings. The zero-order valence-corrected chi connectivity index (χ0v) is 13.0. The van der Waals surface area contributed by atoms with Crippen LogP contribution >= 0.6 is 15.9 Å². The maximum Gasteiger partial charge on any atom is 0.0579 e. The Kier molecular flexibility index (Phi) is 4.60. The average Bonchev–Trinajstić information content (AvgIpc) is 2.95. The van der Waals surface area contributed by atoms with E-state index in [1.807, 2.05) is 0 Å². The highest BCUT2D eigenvalue weighted by Gasteiger charge is 2.32. The van der Waals surface area contributed by atoms with Gasteiger partial charge < -0.3 is 4.74 Å². The lowest BCUT2D eigenvalue weighted by Crippen LogP contribution is -2.27. The Balaban J connectivity index is 1.63. The van der Waals surface area contributed by atoms with Gasteiger partial charge in [0.2, 0.25) is 0 Å². The van der Waals surface area contributed by atoms with Gasteiger partial charge >= 0.3 is 0 Å². The standard InChI is InChI=1S/C17H23BrO/c18-17-9-8-14(13-5-2-1-3-6-13)11-15(17)12-16-7-4-10-19-16/h1-3,5-6,14-17H,4,7-12H2. The van der Waals surface area contributed by atoms with Crippen LogP contribution in [0, 0.1) is 5.92 Å². The van der Waals surface area contributed by atoms with Crippen molar-refractivity contribution in [1.29, 1.82) is 0 Å². The van der Waals surface area contributed by atoms with Crippen molar-refractivity contribution in [2.45, 2.75) is 55.4 Å². The van der Waals surface area contributed by atoms with Gasteiger partial charge in [-0.05, 0) is 55.9 Å². The molecule has 1 aliphatic heterocycles. The Morgan fingerprint density at radius 3 is 2.68 bits per heavy atom. The molecule has 0 radical (unpaired) electrons. The minimum absolute atomic E-state index is 0.527. The molecule has 1 nitrogen and oxygen atoms in total. The first-order valence-electron chi connectivity index (χ1n) is 7.63. The number of rotatable bonds is 3. The summed E-state index contributed by atoms with van der Waals surface area (Å²) < 4.78 is 5.82. The Bertz CT molecular complexity index is 386. The number of halogens is 1. The molecule has 4 atom stereocenters. The SMILES string of the molecule is BrC1CCC(c2ccccc2)CC1CC1CCCO1. The molecule has 0 N–H and O–H groups in total. The van der Waals surface area contributed by atoms with Crippen LogP contribution < -0.4 is 0 Å². The lowest BCUT2D eigenvalue weighted by atomic mass is 9.76. The van der Waals surface area contributed by atoms with Crippen molar-refractivity contribution >= 4 is 15.9 Å². The highest BCUT2D eigenvalue weighted by atomic mass is 79.9. The molecule has 0 bridgehead atoms. The highest BCUT2D eigenvalue weighted by Crippen LogP contribution is 2.42. The minimum atomic E-state index is 0.527. The fourth-order valence-corrected chi connectivity index (χ4v) is 4.36. The van der Waals surface area contributed by atoms with E-state index >= 15 is 0 Å². The number of ether oxygens (including phenoxy) is 1. The van der Waals surface area contributed by atoms with Crippen molar-refractivity contribution in [3.05, 3.63) is 35.9 Å². The fraction of sp³-hybridized carbons (Fsp3) is 0.647. The van der Waals surface area contributed by atoms with E-state index in [1.165, 1.54) is 44.1 Å². The third-order valence-corrected chi connectivity index (χ3v) is 5.96. The predicted molar refractivity (Wildman–Crippen MR) is 82.8 cm³/mol. The fourth-order valence-electron chi connectivity index (χ4n) is 3.67. The molecule has 2 aliphatic rings. The van der Waals surface area contributed by atoms with E-state index in [0.717, 1.165) is 18.4 Å². The first-order valence-corrected chi connectivity index (χ1v) is 8.55. The quantitative estimate of drug-likeness (QED) is 0.719. The molecule has 0 amide bonds. The van der Waals surface area contributed by atoms with Gasteiger partial charge in [-0.1, -0.05) is 46.3 Å². The molecular formula is C17H23BrO. The number of hydrogen-bond acceptors (Lipinski definition) is 1. The van der Waals surface area contributed by atoms with E-state index in [-0.39, 0.29) is 0 Å². The largest absolute Gasteiger partial charge is 0.378 e. The lowest BCUT2D eigenvalue weighted by molar-refractivity contribution is 0.0830. The highest BCUT2D eigenvalue weighted by molar-refractivity contribution is 9.09. The second-order valence-corrected chi connectivity index (χ2v) is 7.24. The van der Waals surface area contributed by atoms with Gasteiger partial charge in [-0.25, -0.2) is 0 Å². The van der Waals surface area contributed by atoms with Crippen LogP contribution in [-0.4, -0.2) is 17.5 Å². The summed E-state index contributed by atoms with van der Waals surface area (Å²) in [6.07, 6.45) is 8.25. The van der Waals surface area contributed by atoms with Gasteiger partial charge in [0.15, 0.2) is 0 Å². The van der Waals surface area contributed by atoms with Crippen LogP contribution in [0.5, 0.6) is 0 Å². The van der Waals surface area contributed by atoms with Crippen molar-refractivity contribution < 1.29 is 4.74 Å². The molecule has 4 unspecified atom stereocenters. The van der Waals surface area contributed by atoms with Crippen LogP contribution in [0.15, 0.2) is 30.3 Å². The molecule has 0 spiro atoms. The van der Waals surface area contributed by atoms with Gasteiger partial charge in [-0.3, -0.25) is 0 Å². The van der Waals surface area contributed by atoms with Crippen LogP contribution in [0.3, 0.4) is 0 Å². The summed E-state index contributed by atoms with van der Waals surface area (Å²) in [4.78, 5) is 0.691. The van der Waals surface area contributed by atoms with Crippen LogP contribution in [0.1, 0.15) is 50.0 Å². The van der Waals surface area contributed by atoms with E-state index in [4.69, 9.17) is 4.74 Å². The molecule has 1 saturated heterocycles. The van der Waals surface area contributed by atoms with E-state index in [1.54, 1.807) is 0 Å². The third kappa shape index (κ3) is 3.41. The Morgan fingerprint density at radius 1 is 1.11 bits per heavy atom. The summed E-state index contributed by atoms with van der Waals surface area (Å²) in [6, 6.07) is 11.0. The first kappa shape index (κ1) is 13.6. The summed E-state index contributed by atoms with van der Waals surface area (Å²) in [5, 5.41) is 0. The Hall–Kier alpha value is -0.340. The predicted octanol–water partition coefficient (Wildman–Crippen LogP) is 4.90. The van der Waals surface area contributed by atoms with Gasteiger partial charge in [0.05, 0.1) is 6.10 Å². The summed E-state index contributed by atoms with van der Waals surface area (Å²) in [5.41, 5.74) is 1.53. The number of alkyl halides is 1. The Labute approximate surface area is 124 Å². The molecule has 1 aliphatic carbocycles. The van der Waals surface area contributed by atoms with Crippen molar-refractivity contribution in [3.63, 3.8) is 0 Å². The minimum Gasteiger partial charge on any atom is -0.378 e. The average molecular weight is 323 g/mol. The van der Waals surface area contributed by atoms with E-state index in [0.29, 0.717) is 10.9 Å². The van der Waals surface area contributed by atoms with Crippen LogP contribution in [-0.2, 0) is 4.74 Å². The van der Waals surface area contributed by atoms with Gasteiger partial charge in [-0.15, -0.1) is 0 Å². The Morgan fingerprint density at radius 2 is 1.95 bits per heavy atom. The zero-order chi connectivity index (χ0) is 13.1. The molecule has 1 heterocycles. The van der Waals surface area contributed by atoms with E-state index in [9.17, 15) is 0 Å². The number of hydrogen-bond donors (Lipinski definition) is 0. The molecule has 3 rings (SSSR count). The molecule has 1 aromatic carbocycles. The molecule has 2 heteroatoms. The first-order chi connectivity index (χ1) is 9.33. The zero-order valence-electron chi connectivity index (χ0n) is 11.4. The molecule has 1 saturated carbocycles. The summed E-state index contributed by atoms with van der Waals surface area (Å²) in [7, 11) is 0. The van der Waals surface area contributed by atoms with E-state index in [2.05, 4.69) is 46.3 Å². The summed E-state index contributed by atoms with van der Waals surface area (Å²) in [6.45, 7) is 0.979. The van der Waals surface area contributed by atoms with E-state index < -0.39 is 0 Å². The maximum atomic E-state index is 5.82. The van der Waals surface area contributed by atoms with Crippen molar-refractivity contribution in [1.82, 2.24) is 0 Å². The van der Waals surface area contributed by atoms with Crippen molar-refractivity contribution in [2.75, 3.05) is 6.61 Å². The third-order valence-electron chi connectivity index (χ3n) is 4.75. The van der Waals surface area contributed by atoms with Crippen molar-refractivity contribution in [2.24, 2.45) is 5.92 Å². The molecule has 104 valence electrons. The summed E-state index contributed by atoms with van der Waals surface area (Å²) >= 11 is 3.91. The lowest BCUT2D eigenvalue weighted by Gasteiger charge is -2.34. The monoisotopic (exact) mass is 322 g/mol. The van der Waals surface area contributed by atoms with Crippen LogP contribution in [0.4, 0.5) is 0 Å². The van der Waals surface area contributed by atoms with Gasteiger partial charge in [-0.2, -0.15) is 0 Å². The molecular weight excluding hydrogens is 300 g/mol. The van der Waals surface area contributed by atoms with Crippen molar-refractivity contribution in [3.8, 4) is 0 Å². The van der Waals surface area contributed by atoms with Crippen LogP contribution in [0.25, 0.3) is 0 Å². The molecule has 0 aromatic heterocycles. The summed E-state index contributed by atoms with van der Waals surface area (Å²) in [5.74, 6) is 1.53. The van der Waals surface area contributed by atoms with Gasteiger partial charge in [0.25, 0.3) is 0 Å². The molecule has 19 heavy (non-hydrogen) atoms.